The predicted octanol–water partition coefficient (Wildman–Crippen LogP) is 2.58. The van der Waals surface area contributed by atoms with E-state index in [0.29, 0.717) is 18.4 Å². The van der Waals surface area contributed by atoms with Crippen molar-refractivity contribution in [2.75, 3.05) is 6.54 Å². The lowest BCUT2D eigenvalue weighted by Gasteiger charge is -2.43. The molecule has 3 nitrogen and oxygen atoms in total. The van der Waals surface area contributed by atoms with Gasteiger partial charge in [0.25, 0.3) is 0 Å². The smallest absolute Gasteiger partial charge is 0.345 e. The van der Waals surface area contributed by atoms with Crippen molar-refractivity contribution in [2.24, 2.45) is 5.73 Å². The molecule has 0 radical (unpaired) electrons. The van der Waals surface area contributed by atoms with Gasteiger partial charge in [0.05, 0.1) is 17.6 Å². The number of benzene rings is 1. The van der Waals surface area contributed by atoms with Gasteiger partial charge in [-0.05, 0) is 37.0 Å². The number of carbonyl (C=O) groups excluding carboxylic acids is 1. The van der Waals surface area contributed by atoms with Gasteiger partial charge in [-0.2, -0.15) is 13.2 Å². The molecule has 1 saturated carbocycles. The van der Waals surface area contributed by atoms with Crippen LogP contribution in [0.15, 0.2) is 24.3 Å². The summed E-state index contributed by atoms with van der Waals surface area (Å²) in [6, 6.07) is 5.12. The van der Waals surface area contributed by atoms with E-state index in [0.717, 1.165) is 18.6 Å². The van der Waals surface area contributed by atoms with Gasteiger partial charge in [0.1, 0.15) is 0 Å². The highest BCUT2D eigenvalue weighted by Gasteiger charge is 2.41. The summed E-state index contributed by atoms with van der Waals surface area (Å²) in [6.07, 6.45) is -2.22. The molecule has 0 bridgehead atoms. The molecule has 0 saturated heterocycles. The van der Waals surface area contributed by atoms with Crippen molar-refractivity contribution in [3.63, 3.8) is 0 Å². The Balaban J connectivity index is 0.00000200. The third-order valence-corrected chi connectivity index (χ3v) is 3.51. The molecule has 7 heteroatoms. The Labute approximate surface area is 121 Å². The highest BCUT2D eigenvalue weighted by molar-refractivity contribution is 5.85. The Morgan fingerprint density at radius 3 is 2.45 bits per heavy atom. The molecule has 1 aliphatic carbocycles. The van der Waals surface area contributed by atoms with Crippen molar-refractivity contribution in [2.45, 2.75) is 31.0 Å². The first kappa shape index (κ1) is 16.8. The van der Waals surface area contributed by atoms with E-state index < -0.39 is 17.3 Å². The highest BCUT2D eigenvalue weighted by Crippen LogP contribution is 2.42. The van der Waals surface area contributed by atoms with Gasteiger partial charge in [-0.15, -0.1) is 12.4 Å². The molecule has 2 rings (SSSR count). The third-order valence-electron chi connectivity index (χ3n) is 3.51. The quantitative estimate of drug-likeness (QED) is 0.902. The fourth-order valence-corrected chi connectivity index (χ4v) is 2.33. The number of nitrogens with one attached hydrogen (secondary N) is 1. The molecular weight excluding hydrogens is 293 g/mol. The summed E-state index contributed by atoms with van der Waals surface area (Å²) >= 11 is 0. The van der Waals surface area contributed by atoms with Crippen LogP contribution in [0, 0.1) is 0 Å². The number of nitrogens with two attached hydrogens (primary N) is 1. The van der Waals surface area contributed by atoms with Gasteiger partial charge in [0.2, 0.25) is 5.91 Å². The van der Waals surface area contributed by atoms with Crippen LogP contribution >= 0.6 is 12.4 Å². The van der Waals surface area contributed by atoms with Crippen LogP contribution in [-0.4, -0.2) is 12.5 Å². The summed E-state index contributed by atoms with van der Waals surface area (Å²) in [5, 5.41) is 2.74. The van der Waals surface area contributed by atoms with Gasteiger partial charge in [-0.3, -0.25) is 4.79 Å². The first-order chi connectivity index (χ1) is 8.87. The van der Waals surface area contributed by atoms with Crippen molar-refractivity contribution in [1.29, 1.82) is 0 Å². The molecule has 1 aromatic rings. The van der Waals surface area contributed by atoms with Crippen LogP contribution in [0.2, 0.25) is 0 Å². The summed E-state index contributed by atoms with van der Waals surface area (Å²) in [7, 11) is 0. The van der Waals surface area contributed by atoms with E-state index in [9.17, 15) is 18.0 Å². The zero-order valence-electron chi connectivity index (χ0n) is 10.7. The Morgan fingerprint density at radius 1 is 1.35 bits per heavy atom. The van der Waals surface area contributed by atoms with E-state index >= 15 is 0 Å². The summed E-state index contributed by atoms with van der Waals surface area (Å²) < 4.78 is 38.1. The monoisotopic (exact) mass is 308 g/mol. The number of alkyl halides is 3. The average Bonchev–Trinajstić information content (AvgIpc) is 2.32. The minimum atomic E-state index is -4.38. The Bertz CT molecular complexity index is 487. The molecule has 1 amide bonds. The van der Waals surface area contributed by atoms with E-state index in [1.807, 2.05) is 0 Å². The van der Waals surface area contributed by atoms with Crippen molar-refractivity contribution in [1.82, 2.24) is 5.32 Å². The number of halogens is 4. The van der Waals surface area contributed by atoms with E-state index in [2.05, 4.69) is 5.32 Å². The average molecular weight is 309 g/mol. The van der Waals surface area contributed by atoms with Crippen LogP contribution in [0.3, 0.4) is 0 Å². The predicted molar refractivity (Wildman–Crippen MR) is 71.4 cm³/mol. The van der Waals surface area contributed by atoms with E-state index in [4.69, 9.17) is 5.73 Å². The van der Waals surface area contributed by atoms with Gasteiger partial charge >= 0.3 is 6.18 Å². The second kappa shape index (κ2) is 6.01. The van der Waals surface area contributed by atoms with Gasteiger partial charge in [-0.25, -0.2) is 0 Å². The molecule has 0 unspecified atom stereocenters. The number of hydrogen-bond donors (Lipinski definition) is 2. The van der Waals surface area contributed by atoms with Crippen LogP contribution in [0.25, 0.3) is 0 Å². The Kier molecular flexibility index (Phi) is 5.05. The highest BCUT2D eigenvalue weighted by atomic mass is 35.5. The second-order valence-corrected chi connectivity index (χ2v) is 4.77. The van der Waals surface area contributed by atoms with Gasteiger partial charge in [0, 0.05) is 0 Å². The van der Waals surface area contributed by atoms with Crippen LogP contribution in [0.4, 0.5) is 13.2 Å². The van der Waals surface area contributed by atoms with E-state index in [1.165, 1.54) is 6.07 Å². The maximum atomic E-state index is 12.7. The minimum absolute atomic E-state index is 0. The van der Waals surface area contributed by atoms with E-state index in [-0.39, 0.29) is 24.9 Å². The van der Waals surface area contributed by atoms with Crippen molar-refractivity contribution in [3.05, 3.63) is 35.4 Å². The molecule has 0 aromatic heterocycles. The number of carbonyl (C=O) groups is 1. The van der Waals surface area contributed by atoms with Crippen LogP contribution < -0.4 is 11.1 Å². The molecule has 0 spiro atoms. The maximum absolute atomic E-state index is 12.7. The fourth-order valence-electron chi connectivity index (χ4n) is 2.33. The molecule has 112 valence electrons. The summed E-state index contributed by atoms with van der Waals surface area (Å²) in [4.78, 5) is 11.4. The molecule has 20 heavy (non-hydrogen) atoms. The van der Waals surface area contributed by atoms with Crippen LogP contribution in [0.1, 0.15) is 30.4 Å². The van der Waals surface area contributed by atoms with Crippen LogP contribution in [-0.2, 0) is 16.5 Å². The lowest BCUT2D eigenvalue weighted by Crippen LogP contribution is -2.52. The molecule has 0 aliphatic heterocycles. The molecule has 1 aromatic carbocycles. The third kappa shape index (κ3) is 3.24. The standard InChI is InChI=1S/C13H15F3N2O.ClH/c14-13(15,16)10-4-1-3-9(7-10)12(5-2-6-12)18-11(19)8-17;/h1,3-4,7H,2,5-6,8,17H2,(H,18,19);1H. The first-order valence-corrected chi connectivity index (χ1v) is 6.06. The lowest BCUT2D eigenvalue weighted by atomic mass is 9.71. The van der Waals surface area contributed by atoms with Crippen molar-refractivity contribution < 1.29 is 18.0 Å². The van der Waals surface area contributed by atoms with E-state index in [1.54, 1.807) is 6.07 Å². The van der Waals surface area contributed by atoms with Crippen molar-refractivity contribution in [3.8, 4) is 0 Å². The molecule has 0 atom stereocenters. The summed E-state index contributed by atoms with van der Waals surface area (Å²) in [5.41, 5.74) is 4.36. The number of amides is 1. The SMILES string of the molecule is Cl.NCC(=O)NC1(c2cccc(C(F)(F)F)c2)CCC1. The fraction of sp³-hybridized carbons (Fsp3) is 0.462. The maximum Gasteiger partial charge on any atom is 0.416 e. The Hall–Kier alpha value is -1.27. The zero-order valence-corrected chi connectivity index (χ0v) is 11.5. The molecule has 1 aliphatic rings. The van der Waals surface area contributed by atoms with Crippen LogP contribution in [0.5, 0.6) is 0 Å². The molecule has 0 heterocycles. The number of rotatable bonds is 3. The summed E-state index contributed by atoms with van der Waals surface area (Å²) in [5.74, 6) is -0.350. The summed E-state index contributed by atoms with van der Waals surface area (Å²) in [6.45, 7) is -0.166. The van der Waals surface area contributed by atoms with Crippen molar-refractivity contribution >= 4 is 18.3 Å². The first-order valence-electron chi connectivity index (χ1n) is 6.06. The normalized spacial score (nSPS) is 16.8. The largest absolute Gasteiger partial charge is 0.416 e. The molecular formula is C13H16ClF3N2O. The lowest BCUT2D eigenvalue weighted by molar-refractivity contribution is -0.137. The minimum Gasteiger partial charge on any atom is -0.345 e. The zero-order chi connectivity index (χ0) is 14.1. The number of hydrogen-bond acceptors (Lipinski definition) is 2. The van der Waals surface area contributed by atoms with Gasteiger partial charge < -0.3 is 11.1 Å². The topological polar surface area (TPSA) is 55.1 Å². The Morgan fingerprint density at radius 2 is 2.00 bits per heavy atom. The van der Waals surface area contributed by atoms with Gasteiger partial charge in [-0.1, -0.05) is 12.1 Å². The molecule has 1 fully saturated rings. The second-order valence-electron chi connectivity index (χ2n) is 4.77. The molecule has 3 N–H and O–H groups in total. The van der Waals surface area contributed by atoms with Gasteiger partial charge in [0.15, 0.2) is 0 Å².